The van der Waals surface area contributed by atoms with Gasteiger partial charge in [0.05, 0.1) is 17.1 Å². The Morgan fingerprint density at radius 2 is 1.61 bits per heavy atom. The highest BCUT2D eigenvalue weighted by molar-refractivity contribution is 6.30. The highest BCUT2D eigenvalue weighted by atomic mass is 35.5. The van der Waals surface area contributed by atoms with E-state index in [9.17, 15) is 4.79 Å². The maximum Gasteiger partial charge on any atom is 0.282 e. The van der Waals surface area contributed by atoms with Crippen molar-refractivity contribution in [3.63, 3.8) is 0 Å². The molecular weight excluding hydrogens is 374 g/mol. The van der Waals surface area contributed by atoms with Gasteiger partial charge < -0.3 is 4.74 Å². The standard InChI is InChI=1S/C22H16ClN3O2/c1-15-25-21-5-3-2-4-20(21)22(27)26(15)24-14-16-6-10-18(11-7-16)28-19-12-8-17(23)9-13-19/h2-14H,1H3/b24-14+. The average Bonchev–Trinajstić information content (AvgIpc) is 2.71. The van der Waals surface area contributed by atoms with Gasteiger partial charge in [0, 0.05) is 5.02 Å². The van der Waals surface area contributed by atoms with E-state index in [0.29, 0.717) is 33.2 Å². The third kappa shape index (κ3) is 3.80. The molecule has 0 amide bonds. The Hall–Kier alpha value is -3.44. The first kappa shape index (κ1) is 17.9. The van der Waals surface area contributed by atoms with Gasteiger partial charge in [0.25, 0.3) is 5.56 Å². The molecule has 0 N–H and O–H groups in total. The molecule has 0 aliphatic carbocycles. The van der Waals surface area contributed by atoms with E-state index >= 15 is 0 Å². The molecule has 6 heteroatoms. The maximum absolute atomic E-state index is 12.6. The molecule has 0 fully saturated rings. The second kappa shape index (κ2) is 7.66. The lowest BCUT2D eigenvalue weighted by molar-refractivity contribution is 0.482. The minimum absolute atomic E-state index is 0.193. The number of hydrogen-bond acceptors (Lipinski definition) is 4. The minimum Gasteiger partial charge on any atom is -0.457 e. The summed E-state index contributed by atoms with van der Waals surface area (Å²) >= 11 is 5.88. The summed E-state index contributed by atoms with van der Waals surface area (Å²) in [6, 6.07) is 21.8. The molecule has 1 heterocycles. The summed E-state index contributed by atoms with van der Waals surface area (Å²) in [5.74, 6) is 1.93. The molecule has 3 aromatic carbocycles. The van der Waals surface area contributed by atoms with Crippen molar-refractivity contribution in [3.05, 3.63) is 99.6 Å². The quantitative estimate of drug-likeness (QED) is 0.460. The van der Waals surface area contributed by atoms with Crippen molar-refractivity contribution in [3.8, 4) is 11.5 Å². The van der Waals surface area contributed by atoms with Gasteiger partial charge in [-0.05, 0) is 73.2 Å². The van der Waals surface area contributed by atoms with Gasteiger partial charge in [0.2, 0.25) is 0 Å². The van der Waals surface area contributed by atoms with Crippen molar-refractivity contribution in [2.24, 2.45) is 5.10 Å². The molecule has 0 aliphatic rings. The number of fused-ring (bicyclic) bond motifs is 1. The van der Waals surface area contributed by atoms with E-state index in [1.807, 2.05) is 42.5 Å². The van der Waals surface area contributed by atoms with E-state index in [0.717, 1.165) is 5.56 Å². The maximum atomic E-state index is 12.6. The fraction of sp³-hybridized carbons (Fsp3) is 0.0455. The summed E-state index contributed by atoms with van der Waals surface area (Å²) < 4.78 is 7.08. The smallest absolute Gasteiger partial charge is 0.282 e. The number of nitrogens with zero attached hydrogens (tertiary/aromatic N) is 3. The third-order valence-corrected chi connectivity index (χ3v) is 4.42. The molecule has 0 saturated heterocycles. The normalized spacial score (nSPS) is 11.2. The van der Waals surface area contributed by atoms with Crippen LogP contribution in [0.5, 0.6) is 11.5 Å². The van der Waals surface area contributed by atoms with Crippen molar-refractivity contribution in [1.82, 2.24) is 9.66 Å². The Kier molecular flexibility index (Phi) is 4.91. The van der Waals surface area contributed by atoms with Crippen LogP contribution in [0, 0.1) is 6.92 Å². The van der Waals surface area contributed by atoms with Crippen LogP contribution in [0.3, 0.4) is 0 Å². The van der Waals surface area contributed by atoms with E-state index in [2.05, 4.69) is 10.1 Å². The molecule has 0 bridgehead atoms. The van der Waals surface area contributed by atoms with Crippen LogP contribution in [-0.2, 0) is 0 Å². The molecule has 0 radical (unpaired) electrons. The van der Waals surface area contributed by atoms with Crippen LogP contribution in [0.2, 0.25) is 5.02 Å². The lowest BCUT2D eigenvalue weighted by Crippen LogP contribution is -2.20. The number of halogens is 1. The Bertz CT molecular complexity index is 1210. The van der Waals surface area contributed by atoms with Crippen LogP contribution in [-0.4, -0.2) is 15.9 Å². The van der Waals surface area contributed by atoms with Gasteiger partial charge in [-0.3, -0.25) is 4.79 Å². The monoisotopic (exact) mass is 389 g/mol. The molecule has 1 aromatic heterocycles. The first-order valence-electron chi connectivity index (χ1n) is 8.66. The molecule has 138 valence electrons. The SMILES string of the molecule is Cc1nc2ccccc2c(=O)n1/N=C/c1ccc(Oc2ccc(Cl)cc2)cc1. The topological polar surface area (TPSA) is 56.5 Å². The summed E-state index contributed by atoms with van der Waals surface area (Å²) in [5.41, 5.74) is 1.31. The zero-order valence-corrected chi connectivity index (χ0v) is 15.8. The second-order valence-corrected chi connectivity index (χ2v) is 6.60. The molecule has 0 spiro atoms. The number of hydrogen-bond donors (Lipinski definition) is 0. The molecule has 0 aliphatic heterocycles. The number of aryl methyl sites for hydroxylation is 1. The van der Waals surface area contributed by atoms with Crippen LogP contribution < -0.4 is 10.3 Å². The molecule has 5 nitrogen and oxygen atoms in total. The van der Waals surface area contributed by atoms with Crippen molar-refractivity contribution in [1.29, 1.82) is 0 Å². The summed E-state index contributed by atoms with van der Waals surface area (Å²) in [6.07, 6.45) is 1.62. The molecule has 0 atom stereocenters. The van der Waals surface area contributed by atoms with E-state index in [1.54, 1.807) is 43.5 Å². The fourth-order valence-corrected chi connectivity index (χ4v) is 2.88. The molecule has 0 unspecified atom stereocenters. The van der Waals surface area contributed by atoms with Crippen LogP contribution >= 0.6 is 11.6 Å². The highest BCUT2D eigenvalue weighted by Gasteiger charge is 2.06. The highest BCUT2D eigenvalue weighted by Crippen LogP contribution is 2.23. The predicted octanol–water partition coefficient (Wildman–Crippen LogP) is 5.03. The van der Waals surface area contributed by atoms with Gasteiger partial charge >= 0.3 is 0 Å². The van der Waals surface area contributed by atoms with E-state index in [1.165, 1.54) is 4.68 Å². The van der Waals surface area contributed by atoms with Gasteiger partial charge in [0.15, 0.2) is 0 Å². The van der Waals surface area contributed by atoms with Crippen molar-refractivity contribution in [2.75, 3.05) is 0 Å². The first-order valence-corrected chi connectivity index (χ1v) is 9.04. The van der Waals surface area contributed by atoms with Crippen LogP contribution in [0.15, 0.2) is 82.7 Å². The summed E-state index contributed by atoms with van der Waals surface area (Å²) in [6.45, 7) is 1.76. The Morgan fingerprint density at radius 3 is 2.32 bits per heavy atom. The summed E-state index contributed by atoms with van der Waals surface area (Å²) in [7, 11) is 0. The van der Waals surface area contributed by atoms with Gasteiger partial charge in [-0.25, -0.2) is 4.98 Å². The third-order valence-electron chi connectivity index (χ3n) is 4.17. The predicted molar refractivity (Wildman–Crippen MR) is 112 cm³/mol. The summed E-state index contributed by atoms with van der Waals surface area (Å²) in [5, 5.41) is 5.51. The molecular formula is C22H16ClN3O2. The zero-order chi connectivity index (χ0) is 19.5. The number of aromatic nitrogens is 2. The van der Waals surface area contributed by atoms with Crippen LogP contribution in [0.4, 0.5) is 0 Å². The van der Waals surface area contributed by atoms with Crippen molar-refractivity contribution < 1.29 is 4.74 Å². The molecule has 0 saturated carbocycles. The number of para-hydroxylation sites is 1. The molecule has 4 rings (SSSR count). The lowest BCUT2D eigenvalue weighted by Gasteiger charge is -2.06. The number of benzene rings is 3. The van der Waals surface area contributed by atoms with Gasteiger partial charge in [-0.1, -0.05) is 23.7 Å². The molecule has 28 heavy (non-hydrogen) atoms. The van der Waals surface area contributed by atoms with E-state index in [-0.39, 0.29) is 5.56 Å². The van der Waals surface area contributed by atoms with Crippen LogP contribution in [0.1, 0.15) is 11.4 Å². The number of rotatable bonds is 4. The van der Waals surface area contributed by atoms with Crippen molar-refractivity contribution in [2.45, 2.75) is 6.92 Å². The summed E-state index contributed by atoms with van der Waals surface area (Å²) in [4.78, 5) is 17.1. The van der Waals surface area contributed by atoms with E-state index in [4.69, 9.17) is 16.3 Å². The average molecular weight is 390 g/mol. The second-order valence-electron chi connectivity index (χ2n) is 6.16. The van der Waals surface area contributed by atoms with Gasteiger partial charge in [-0.2, -0.15) is 9.78 Å². The minimum atomic E-state index is -0.193. The molecule has 4 aromatic rings. The van der Waals surface area contributed by atoms with E-state index < -0.39 is 0 Å². The number of ether oxygens (including phenoxy) is 1. The lowest BCUT2D eigenvalue weighted by atomic mass is 10.2. The van der Waals surface area contributed by atoms with Crippen molar-refractivity contribution >= 4 is 28.7 Å². The van der Waals surface area contributed by atoms with Gasteiger partial charge in [0.1, 0.15) is 17.3 Å². The Morgan fingerprint density at radius 1 is 0.964 bits per heavy atom. The zero-order valence-electron chi connectivity index (χ0n) is 15.0. The first-order chi connectivity index (χ1) is 13.6. The fourth-order valence-electron chi connectivity index (χ4n) is 2.76. The Labute approximate surface area is 166 Å². The van der Waals surface area contributed by atoms with Crippen LogP contribution in [0.25, 0.3) is 10.9 Å². The Balaban J connectivity index is 1.56. The largest absolute Gasteiger partial charge is 0.457 e. The van der Waals surface area contributed by atoms with Gasteiger partial charge in [-0.15, -0.1) is 0 Å².